The Bertz CT molecular complexity index is 518. The second-order valence-electron chi connectivity index (χ2n) is 6.74. The average molecular weight is 304 g/mol. The molecule has 1 aliphatic carbocycles. The zero-order chi connectivity index (χ0) is 16.2. The lowest BCUT2D eigenvalue weighted by Gasteiger charge is -2.39. The number of benzene rings is 1. The quantitative estimate of drug-likeness (QED) is 0.841. The van der Waals surface area contributed by atoms with Crippen LogP contribution in [0.1, 0.15) is 54.4 Å². The third-order valence-corrected chi connectivity index (χ3v) is 4.96. The van der Waals surface area contributed by atoms with Gasteiger partial charge < -0.3 is 15.3 Å². The predicted octanol–water partition coefficient (Wildman–Crippen LogP) is 3.09. The zero-order valence-electron chi connectivity index (χ0n) is 14.0. The highest BCUT2D eigenvalue weighted by molar-refractivity contribution is 5.97. The molecule has 0 heterocycles. The van der Waals surface area contributed by atoms with E-state index in [9.17, 15) is 9.90 Å². The topological polar surface area (TPSA) is 52.6 Å². The number of rotatable bonds is 4. The van der Waals surface area contributed by atoms with Gasteiger partial charge in [-0.3, -0.25) is 4.79 Å². The average Bonchev–Trinajstić information content (AvgIpc) is 2.74. The first-order chi connectivity index (χ1) is 10.4. The Hall–Kier alpha value is -1.55. The number of nitrogens with one attached hydrogen (secondary N) is 1. The number of likely N-dealkylation sites (N-methyl/N-ethyl adjacent to an activating group) is 1. The van der Waals surface area contributed by atoms with Crippen LogP contribution in [0.3, 0.4) is 0 Å². The number of aryl methyl sites for hydroxylation is 1. The summed E-state index contributed by atoms with van der Waals surface area (Å²) in [5.74, 6) is -0.144. The van der Waals surface area contributed by atoms with Crippen LogP contribution in [-0.4, -0.2) is 42.1 Å². The van der Waals surface area contributed by atoms with E-state index in [2.05, 4.69) is 24.3 Å². The molecule has 1 fully saturated rings. The Morgan fingerprint density at radius 3 is 2.45 bits per heavy atom. The largest absolute Gasteiger partial charge is 0.507 e. The molecule has 0 unspecified atom stereocenters. The van der Waals surface area contributed by atoms with Crippen LogP contribution in [0.15, 0.2) is 18.2 Å². The van der Waals surface area contributed by atoms with Crippen molar-refractivity contribution in [1.82, 2.24) is 10.2 Å². The SMILES string of the molecule is Cc1ccc(O)c(C(=O)NCC2(N(C)C)CCCCCC2)c1. The molecule has 0 saturated heterocycles. The van der Waals surface area contributed by atoms with E-state index in [1.54, 1.807) is 18.2 Å². The van der Waals surface area contributed by atoms with E-state index in [-0.39, 0.29) is 17.2 Å². The van der Waals surface area contributed by atoms with Gasteiger partial charge in [0, 0.05) is 12.1 Å². The van der Waals surface area contributed by atoms with Gasteiger partial charge >= 0.3 is 0 Å². The summed E-state index contributed by atoms with van der Waals surface area (Å²) < 4.78 is 0. The molecule has 0 bridgehead atoms. The van der Waals surface area contributed by atoms with E-state index >= 15 is 0 Å². The van der Waals surface area contributed by atoms with Crippen LogP contribution >= 0.6 is 0 Å². The van der Waals surface area contributed by atoms with Crippen molar-refractivity contribution >= 4 is 5.91 Å². The van der Waals surface area contributed by atoms with Crippen LogP contribution in [0, 0.1) is 6.92 Å². The smallest absolute Gasteiger partial charge is 0.255 e. The molecule has 2 N–H and O–H groups in total. The van der Waals surface area contributed by atoms with E-state index in [0.717, 1.165) is 18.4 Å². The molecule has 22 heavy (non-hydrogen) atoms. The molecular weight excluding hydrogens is 276 g/mol. The summed E-state index contributed by atoms with van der Waals surface area (Å²) in [6, 6.07) is 5.12. The molecule has 0 radical (unpaired) electrons. The molecule has 0 atom stereocenters. The van der Waals surface area contributed by atoms with Gasteiger partial charge in [-0.15, -0.1) is 0 Å². The molecule has 1 amide bonds. The summed E-state index contributed by atoms with van der Waals surface area (Å²) in [6.07, 6.45) is 7.21. The summed E-state index contributed by atoms with van der Waals surface area (Å²) in [5, 5.41) is 12.9. The second kappa shape index (κ2) is 7.14. The van der Waals surface area contributed by atoms with Gasteiger partial charge in [-0.1, -0.05) is 37.3 Å². The number of carbonyl (C=O) groups is 1. The fourth-order valence-corrected chi connectivity index (χ4v) is 3.34. The number of hydrogen-bond donors (Lipinski definition) is 2. The van der Waals surface area contributed by atoms with Crippen molar-refractivity contribution < 1.29 is 9.90 Å². The molecule has 4 nitrogen and oxygen atoms in total. The number of phenolic OH excluding ortho intramolecular Hbond substituents is 1. The molecule has 1 aromatic carbocycles. The summed E-state index contributed by atoms with van der Waals surface area (Å²) >= 11 is 0. The Labute approximate surface area is 133 Å². The normalized spacial score (nSPS) is 18.0. The summed E-state index contributed by atoms with van der Waals surface area (Å²) in [7, 11) is 4.20. The number of nitrogens with zero attached hydrogens (tertiary/aromatic N) is 1. The third-order valence-electron chi connectivity index (χ3n) is 4.96. The minimum atomic E-state index is -0.188. The highest BCUT2D eigenvalue weighted by atomic mass is 16.3. The van der Waals surface area contributed by atoms with Crippen LogP contribution in [0.25, 0.3) is 0 Å². The molecule has 1 saturated carbocycles. The second-order valence-corrected chi connectivity index (χ2v) is 6.74. The molecule has 1 aliphatic rings. The molecule has 0 spiro atoms. The molecule has 2 rings (SSSR count). The summed E-state index contributed by atoms with van der Waals surface area (Å²) in [5.41, 5.74) is 1.37. The first-order valence-electron chi connectivity index (χ1n) is 8.20. The minimum Gasteiger partial charge on any atom is -0.507 e. The summed E-state index contributed by atoms with van der Waals surface area (Å²) in [4.78, 5) is 14.7. The number of phenols is 1. The number of carbonyl (C=O) groups excluding carboxylic acids is 1. The zero-order valence-corrected chi connectivity index (χ0v) is 14.0. The summed E-state index contributed by atoms with van der Waals surface area (Å²) in [6.45, 7) is 2.55. The molecule has 0 aromatic heterocycles. The van der Waals surface area contributed by atoms with Gasteiger partial charge in [0.05, 0.1) is 5.56 Å². The maximum Gasteiger partial charge on any atom is 0.255 e. The van der Waals surface area contributed by atoms with Gasteiger partial charge in [0.25, 0.3) is 5.91 Å². The minimum absolute atomic E-state index is 0.0333. The maximum atomic E-state index is 12.4. The molecule has 0 aliphatic heterocycles. The van der Waals surface area contributed by atoms with Crippen molar-refractivity contribution in [2.45, 2.75) is 51.0 Å². The standard InChI is InChI=1S/C18H28N2O2/c1-14-8-9-16(21)15(12-14)17(22)19-13-18(20(2)3)10-6-4-5-7-11-18/h8-9,12,21H,4-7,10-11,13H2,1-3H3,(H,19,22). The Balaban J connectivity index is 2.08. The van der Waals surface area contributed by atoms with Crippen molar-refractivity contribution in [1.29, 1.82) is 0 Å². The van der Waals surface area contributed by atoms with Crippen LogP contribution in [0.5, 0.6) is 5.75 Å². The van der Waals surface area contributed by atoms with E-state index in [4.69, 9.17) is 0 Å². The van der Waals surface area contributed by atoms with Gasteiger partial charge in [0.1, 0.15) is 5.75 Å². The number of aromatic hydroxyl groups is 1. The van der Waals surface area contributed by atoms with Crippen molar-refractivity contribution in [2.75, 3.05) is 20.6 Å². The lowest BCUT2D eigenvalue weighted by Crippen LogP contribution is -2.52. The van der Waals surface area contributed by atoms with Gasteiger partial charge in [0.2, 0.25) is 0 Å². The van der Waals surface area contributed by atoms with Crippen molar-refractivity contribution in [3.63, 3.8) is 0 Å². The first-order valence-corrected chi connectivity index (χ1v) is 8.20. The molecule has 4 heteroatoms. The van der Waals surface area contributed by atoms with Crippen LogP contribution in [0.2, 0.25) is 0 Å². The lowest BCUT2D eigenvalue weighted by molar-refractivity contribution is 0.0866. The highest BCUT2D eigenvalue weighted by Crippen LogP contribution is 2.30. The molecule has 1 aromatic rings. The Morgan fingerprint density at radius 2 is 1.86 bits per heavy atom. The van der Waals surface area contributed by atoms with Crippen molar-refractivity contribution in [3.8, 4) is 5.75 Å². The van der Waals surface area contributed by atoms with Crippen molar-refractivity contribution in [2.24, 2.45) is 0 Å². The van der Waals surface area contributed by atoms with Gasteiger partial charge in [0.15, 0.2) is 0 Å². The van der Waals surface area contributed by atoms with Gasteiger partial charge in [-0.05, 0) is 46.0 Å². The van der Waals surface area contributed by atoms with E-state index < -0.39 is 0 Å². The van der Waals surface area contributed by atoms with E-state index in [0.29, 0.717) is 12.1 Å². The van der Waals surface area contributed by atoms with Crippen LogP contribution < -0.4 is 5.32 Å². The Morgan fingerprint density at radius 1 is 1.23 bits per heavy atom. The predicted molar refractivity (Wildman–Crippen MR) is 89.3 cm³/mol. The van der Waals surface area contributed by atoms with Gasteiger partial charge in [-0.25, -0.2) is 0 Å². The lowest BCUT2D eigenvalue weighted by atomic mass is 9.88. The molecular formula is C18H28N2O2. The first kappa shape index (κ1) is 16.8. The third kappa shape index (κ3) is 3.80. The van der Waals surface area contributed by atoms with Crippen LogP contribution in [0.4, 0.5) is 0 Å². The fraction of sp³-hybridized carbons (Fsp3) is 0.611. The Kier molecular flexibility index (Phi) is 5.46. The maximum absolute atomic E-state index is 12.4. The van der Waals surface area contributed by atoms with Crippen molar-refractivity contribution in [3.05, 3.63) is 29.3 Å². The highest BCUT2D eigenvalue weighted by Gasteiger charge is 2.33. The number of amides is 1. The van der Waals surface area contributed by atoms with Gasteiger partial charge in [-0.2, -0.15) is 0 Å². The number of hydrogen-bond acceptors (Lipinski definition) is 3. The fourth-order valence-electron chi connectivity index (χ4n) is 3.34. The molecule has 122 valence electrons. The van der Waals surface area contributed by atoms with E-state index in [1.165, 1.54) is 25.7 Å². The monoisotopic (exact) mass is 304 g/mol. The van der Waals surface area contributed by atoms with E-state index in [1.807, 2.05) is 6.92 Å². The van der Waals surface area contributed by atoms with Crippen LogP contribution in [-0.2, 0) is 0 Å².